The van der Waals surface area contributed by atoms with E-state index in [0.717, 1.165) is 77.0 Å². The third-order valence-electron chi connectivity index (χ3n) is 8.49. The van der Waals surface area contributed by atoms with Crippen LogP contribution in [-0.4, -0.2) is 42.6 Å². The summed E-state index contributed by atoms with van der Waals surface area (Å²) in [7, 11) is 0. The predicted molar refractivity (Wildman–Crippen MR) is 191 cm³/mol. The summed E-state index contributed by atoms with van der Waals surface area (Å²) in [6.45, 7) is 10.4. The van der Waals surface area contributed by atoms with Crippen molar-refractivity contribution in [3.8, 4) is 28.7 Å². The van der Waals surface area contributed by atoms with Crippen LogP contribution in [0.1, 0.15) is 192 Å². The van der Waals surface area contributed by atoms with Crippen molar-refractivity contribution in [3.63, 3.8) is 0 Å². The van der Waals surface area contributed by atoms with Gasteiger partial charge in [-0.05, 0) is 25.7 Å². The van der Waals surface area contributed by atoms with Crippen molar-refractivity contribution >= 4 is 5.97 Å². The second-order valence-electron chi connectivity index (χ2n) is 12.8. The molecule has 0 aliphatic heterocycles. The number of unbranched alkanes of at least 4 members (excludes halogenated alkanes) is 20. The molecule has 0 aliphatic carbocycles. The SMILES string of the molecule is CCCCCCCCOc1c(O)c(C(=O)O)c(OCCCCCCCC)c(OCCCCCCCC)c1OCCCCCCCC. The Bertz CT molecular complexity index is 886. The molecule has 46 heavy (non-hydrogen) atoms. The molecule has 1 rings (SSSR count). The molecule has 7 heteroatoms. The lowest BCUT2D eigenvalue weighted by atomic mass is 10.1. The van der Waals surface area contributed by atoms with Gasteiger partial charge in [0.15, 0.2) is 17.1 Å². The van der Waals surface area contributed by atoms with Crippen molar-refractivity contribution in [2.75, 3.05) is 26.4 Å². The fraction of sp³-hybridized carbons (Fsp3) is 0.821. The number of carboxylic acids is 1. The fourth-order valence-corrected chi connectivity index (χ4v) is 5.61. The largest absolute Gasteiger partial charge is 0.503 e. The average molecular weight is 651 g/mol. The molecule has 0 amide bonds. The molecule has 0 saturated carbocycles. The van der Waals surface area contributed by atoms with E-state index in [2.05, 4.69) is 27.7 Å². The Labute approximate surface area is 282 Å². The molecule has 7 nitrogen and oxygen atoms in total. The Hall–Kier alpha value is -2.31. The van der Waals surface area contributed by atoms with Gasteiger partial charge in [0, 0.05) is 0 Å². The number of aromatic carboxylic acids is 1. The Balaban J connectivity index is 3.28. The van der Waals surface area contributed by atoms with Crippen LogP contribution in [0.4, 0.5) is 0 Å². The van der Waals surface area contributed by atoms with Gasteiger partial charge in [0.05, 0.1) is 26.4 Å². The lowest BCUT2D eigenvalue weighted by Crippen LogP contribution is -2.13. The van der Waals surface area contributed by atoms with Gasteiger partial charge >= 0.3 is 5.97 Å². The maximum atomic E-state index is 12.6. The van der Waals surface area contributed by atoms with E-state index in [1.807, 2.05) is 0 Å². The number of benzene rings is 1. The average Bonchev–Trinajstić information content (AvgIpc) is 3.04. The second-order valence-corrected chi connectivity index (χ2v) is 12.8. The third-order valence-corrected chi connectivity index (χ3v) is 8.49. The van der Waals surface area contributed by atoms with E-state index >= 15 is 0 Å². The van der Waals surface area contributed by atoms with Gasteiger partial charge in [-0.3, -0.25) is 0 Å². The molecule has 0 bridgehead atoms. The lowest BCUT2D eigenvalue weighted by Gasteiger charge is -2.23. The number of carbonyl (C=O) groups is 1. The van der Waals surface area contributed by atoms with Crippen LogP contribution in [0, 0.1) is 0 Å². The molecule has 0 saturated heterocycles. The molecule has 0 heterocycles. The minimum absolute atomic E-state index is 0.0504. The van der Waals surface area contributed by atoms with Gasteiger partial charge in [0.2, 0.25) is 17.2 Å². The maximum absolute atomic E-state index is 12.6. The van der Waals surface area contributed by atoms with Gasteiger partial charge in [-0.25, -0.2) is 4.79 Å². The minimum Gasteiger partial charge on any atom is -0.503 e. The van der Waals surface area contributed by atoms with Crippen LogP contribution in [0.5, 0.6) is 28.7 Å². The monoisotopic (exact) mass is 651 g/mol. The van der Waals surface area contributed by atoms with Crippen molar-refractivity contribution in [1.82, 2.24) is 0 Å². The first-order valence-electron chi connectivity index (χ1n) is 19.2. The summed E-state index contributed by atoms with van der Waals surface area (Å²) in [6.07, 6.45) is 26.4. The van der Waals surface area contributed by atoms with Crippen LogP contribution in [0.25, 0.3) is 0 Å². The molecule has 0 aliphatic rings. The second kappa shape index (κ2) is 28.9. The highest BCUT2D eigenvalue weighted by Gasteiger charge is 2.32. The van der Waals surface area contributed by atoms with Crippen LogP contribution in [0.3, 0.4) is 0 Å². The number of ether oxygens (including phenoxy) is 4. The molecule has 0 fully saturated rings. The van der Waals surface area contributed by atoms with Gasteiger partial charge in [0.25, 0.3) is 0 Å². The van der Waals surface area contributed by atoms with Crippen LogP contribution >= 0.6 is 0 Å². The highest BCUT2D eigenvalue weighted by molar-refractivity contribution is 5.97. The standard InChI is InChI=1S/C39H70O7/c1-5-9-13-17-21-25-29-43-35-33(39(41)42)34(40)36(44-30-26-22-18-14-10-6-2)38(46-32-28-24-20-16-12-8-4)37(35)45-31-27-23-19-15-11-7-3/h40H,5-32H2,1-4H3,(H,41,42). The molecule has 2 N–H and O–H groups in total. The summed E-state index contributed by atoms with van der Waals surface area (Å²) < 4.78 is 25.0. The first-order chi connectivity index (χ1) is 22.5. The van der Waals surface area contributed by atoms with Gasteiger partial charge in [0.1, 0.15) is 0 Å². The first kappa shape index (κ1) is 41.7. The van der Waals surface area contributed by atoms with Crippen LogP contribution < -0.4 is 18.9 Å². The van der Waals surface area contributed by atoms with Crippen molar-refractivity contribution in [2.45, 2.75) is 182 Å². The fourth-order valence-electron chi connectivity index (χ4n) is 5.61. The molecule has 0 spiro atoms. The third kappa shape index (κ3) is 18.1. The van der Waals surface area contributed by atoms with Crippen molar-refractivity contribution in [1.29, 1.82) is 0 Å². The molecular formula is C39H70O7. The zero-order valence-electron chi connectivity index (χ0n) is 30.2. The van der Waals surface area contributed by atoms with Gasteiger partial charge < -0.3 is 29.2 Å². The Kier molecular flexibility index (Phi) is 26.2. The van der Waals surface area contributed by atoms with Crippen molar-refractivity contribution in [2.24, 2.45) is 0 Å². The number of hydrogen-bond donors (Lipinski definition) is 2. The molecule has 0 unspecified atom stereocenters. The van der Waals surface area contributed by atoms with Crippen LogP contribution in [-0.2, 0) is 0 Å². The Morgan fingerprint density at radius 2 is 0.674 bits per heavy atom. The maximum Gasteiger partial charge on any atom is 0.343 e. The van der Waals surface area contributed by atoms with E-state index in [1.54, 1.807) is 0 Å². The normalized spacial score (nSPS) is 11.1. The summed E-state index contributed by atoms with van der Waals surface area (Å²) in [6, 6.07) is 0. The van der Waals surface area contributed by atoms with E-state index in [0.29, 0.717) is 26.4 Å². The van der Waals surface area contributed by atoms with Crippen molar-refractivity contribution < 1.29 is 34.0 Å². The van der Waals surface area contributed by atoms with E-state index in [4.69, 9.17) is 18.9 Å². The number of carboxylic acid groups (broad SMARTS) is 1. The van der Waals surface area contributed by atoms with Gasteiger partial charge in [-0.15, -0.1) is 0 Å². The lowest BCUT2D eigenvalue weighted by molar-refractivity contribution is 0.0685. The highest BCUT2D eigenvalue weighted by atomic mass is 16.6. The molecule has 1 aromatic carbocycles. The number of hydrogen-bond acceptors (Lipinski definition) is 6. The number of rotatable bonds is 33. The summed E-state index contributed by atoms with van der Waals surface area (Å²) in [4.78, 5) is 12.6. The predicted octanol–water partition coefficient (Wildman–Crippen LogP) is 12.0. The molecule has 268 valence electrons. The number of aromatic hydroxyl groups is 1. The molecular weight excluding hydrogens is 580 g/mol. The van der Waals surface area contributed by atoms with E-state index in [1.165, 1.54) is 77.0 Å². The van der Waals surface area contributed by atoms with E-state index in [-0.39, 0.29) is 28.6 Å². The van der Waals surface area contributed by atoms with E-state index in [9.17, 15) is 15.0 Å². The summed E-state index contributed by atoms with van der Waals surface area (Å²) in [5.41, 5.74) is -0.311. The summed E-state index contributed by atoms with van der Waals surface area (Å²) in [5.74, 6) is -1.09. The summed E-state index contributed by atoms with van der Waals surface area (Å²) in [5, 5.41) is 21.7. The zero-order valence-corrected chi connectivity index (χ0v) is 30.2. The molecule has 1 aromatic rings. The van der Waals surface area contributed by atoms with Crippen molar-refractivity contribution in [3.05, 3.63) is 5.56 Å². The smallest absolute Gasteiger partial charge is 0.343 e. The molecule has 0 aromatic heterocycles. The molecule has 0 atom stereocenters. The zero-order chi connectivity index (χ0) is 33.7. The van der Waals surface area contributed by atoms with Gasteiger partial charge in [-0.1, -0.05) is 156 Å². The highest BCUT2D eigenvalue weighted by Crippen LogP contribution is 2.53. The summed E-state index contributed by atoms with van der Waals surface area (Å²) >= 11 is 0. The minimum atomic E-state index is -1.27. The van der Waals surface area contributed by atoms with Crippen LogP contribution in [0.15, 0.2) is 0 Å². The van der Waals surface area contributed by atoms with Crippen LogP contribution in [0.2, 0.25) is 0 Å². The Morgan fingerprint density at radius 1 is 0.413 bits per heavy atom. The topological polar surface area (TPSA) is 94.5 Å². The van der Waals surface area contributed by atoms with E-state index < -0.39 is 11.7 Å². The quantitative estimate of drug-likeness (QED) is 0.0731. The molecule has 0 radical (unpaired) electrons. The Morgan fingerprint density at radius 3 is 1.00 bits per heavy atom. The first-order valence-corrected chi connectivity index (χ1v) is 19.2. The van der Waals surface area contributed by atoms with Gasteiger partial charge in [-0.2, -0.15) is 0 Å². The number of phenols is 1.